The molecule has 2 heterocycles. The second kappa shape index (κ2) is 10.2. The predicted molar refractivity (Wildman–Crippen MR) is 138 cm³/mol. The van der Waals surface area contributed by atoms with E-state index >= 15 is 0 Å². The Morgan fingerprint density at radius 1 is 1.03 bits per heavy atom. The molecule has 0 radical (unpaired) electrons. The summed E-state index contributed by atoms with van der Waals surface area (Å²) in [6.07, 6.45) is 1.54. The third-order valence-corrected chi connectivity index (χ3v) is 6.07. The first kappa shape index (κ1) is 24.9. The van der Waals surface area contributed by atoms with Crippen molar-refractivity contribution in [3.63, 3.8) is 0 Å². The standard InChI is InChI=1S/C24H25ClN6O5/c1-29-21-19(22(32)30(2)24(29)33)31(13-15-8-6-7-9-16(15)25)23(27-21)28-26-12-14-10-17(34-3)20(36-5)18(11-14)35-4/h6-12H,13H2,1-5H3,(H,27,28)/b26-12+. The van der Waals surface area contributed by atoms with Gasteiger partial charge in [0.15, 0.2) is 22.7 Å². The number of methoxy groups -OCH3 is 3. The minimum atomic E-state index is -0.484. The molecule has 0 aliphatic carbocycles. The molecule has 0 saturated heterocycles. The van der Waals surface area contributed by atoms with Gasteiger partial charge in [0.1, 0.15) is 0 Å². The summed E-state index contributed by atoms with van der Waals surface area (Å²) in [7, 11) is 7.56. The first-order valence-electron chi connectivity index (χ1n) is 10.8. The molecule has 4 aromatic rings. The molecule has 0 fully saturated rings. The van der Waals surface area contributed by atoms with Crippen LogP contribution in [0.15, 0.2) is 51.1 Å². The Hall–Kier alpha value is -4.25. The molecular formula is C24H25ClN6O5. The predicted octanol–water partition coefficient (Wildman–Crippen LogP) is 2.61. The van der Waals surface area contributed by atoms with Gasteiger partial charge in [0.05, 0.1) is 34.1 Å². The third-order valence-electron chi connectivity index (χ3n) is 5.70. The molecule has 1 N–H and O–H groups in total. The van der Waals surface area contributed by atoms with Crippen molar-refractivity contribution >= 4 is 34.9 Å². The second-order valence-corrected chi connectivity index (χ2v) is 8.23. The van der Waals surface area contributed by atoms with Gasteiger partial charge in [-0.25, -0.2) is 10.2 Å². The van der Waals surface area contributed by atoms with Gasteiger partial charge in [-0.15, -0.1) is 0 Å². The van der Waals surface area contributed by atoms with Gasteiger partial charge in [-0.05, 0) is 23.8 Å². The zero-order chi connectivity index (χ0) is 26.0. The first-order chi connectivity index (χ1) is 17.3. The van der Waals surface area contributed by atoms with Crippen molar-refractivity contribution in [1.29, 1.82) is 0 Å². The number of anilines is 1. The third kappa shape index (κ3) is 4.40. The van der Waals surface area contributed by atoms with Crippen molar-refractivity contribution in [3.8, 4) is 17.2 Å². The maximum Gasteiger partial charge on any atom is 0.332 e. The van der Waals surface area contributed by atoms with E-state index in [9.17, 15) is 9.59 Å². The zero-order valence-corrected chi connectivity index (χ0v) is 21.2. The summed E-state index contributed by atoms with van der Waals surface area (Å²) in [5, 5.41) is 4.84. The number of aromatic nitrogens is 4. The molecular weight excluding hydrogens is 488 g/mol. The largest absolute Gasteiger partial charge is 0.493 e. The van der Waals surface area contributed by atoms with Crippen LogP contribution in [0.25, 0.3) is 11.2 Å². The molecule has 0 atom stereocenters. The highest BCUT2D eigenvalue weighted by Gasteiger charge is 2.20. The van der Waals surface area contributed by atoms with Gasteiger partial charge < -0.3 is 14.2 Å². The van der Waals surface area contributed by atoms with Crippen molar-refractivity contribution in [1.82, 2.24) is 18.7 Å². The van der Waals surface area contributed by atoms with E-state index in [1.54, 1.807) is 36.0 Å². The molecule has 0 saturated carbocycles. The number of ether oxygens (including phenoxy) is 3. The Bertz CT molecular complexity index is 1560. The van der Waals surface area contributed by atoms with Gasteiger partial charge in [-0.1, -0.05) is 29.8 Å². The van der Waals surface area contributed by atoms with E-state index in [0.717, 1.165) is 10.1 Å². The van der Waals surface area contributed by atoms with Crippen LogP contribution in [-0.4, -0.2) is 46.2 Å². The lowest BCUT2D eigenvalue weighted by atomic mass is 10.2. The molecule has 2 aromatic heterocycles. The zero-order valence-electron chi connectivity index (χ0n) is 20.4. The van der Waals surface area contributed by atoms with E-state index in [1.807, 2.05) is 18.2 Å². The molecule has 2 aromatic carbocycles. The van der Waals surface area contributed by atoms with Crippen LogP contribution in [0.4, 0.5) is 5.95 Å². The number of halogens is 1. The van der Waals surface area contributed by atoms with Gasteiger partial charge in [0.2, 0.25) is 11.7 Å². The van der Waals surface area contributed by atoms with E-state index in [0.29, 0.717) is 27.8 Å². The number of fused-ring (bicyclic) bond motifs is 1. The average Bonchev–Trinajstić information content (AvgIpc) is 3.24. The summed E-state index contributed by atoms with van der Waals surface area (Å²) >= 11 is 6.38. The van der Waals surface area contributed by atoms with Crippen LogP contribution >= 0.6 is 11.6 Å². The second-order valence-electron chi connectivity index (χ2n) is 7.82. The van der Waals surface area contributed by atoms with Crippen molar-refractivity contribution in [2.24, 2.45) is 19.2 Å². The van der Waals surface area contributed by atoms with Crippen molar-refractivity contribution in [2.75, 3.05) is 26.8 Å². The van der Waals surface area contributed by atoms with Crippen molar-refractivity contribution < 1.29 is 14.2 Å². The van der Waals surface area contributed by atoms with Crippen molar-refractivity contribution in [3.05, 3.63) is 73.4 Å². The molecule has 0 unspecified atom stereocenters. The Kier molecular flexibility index (Phi) is 7.02. The maximum absolute atomic E-state index is 13.1. The smallest absolute Gasteiger partial charge is 0.332 e. The van der Waals surface area contributed by atoms with Gasteiger partial charge >= 0.3 is 5.69 Å². The van der Waals surface area contributed by atoms with Crippen LogP contribution in [0.5, 0.6) is 17.2 Å². The average molecular weight is 513 g/mol. The molecule has 0 aliphatic rings. The first-order valence-corrected chi connectivity index (χ1v) is 11.2. The lowest BCUT2D eigenvalue weighted by Crippen LogP contribution is -2.37. The fraction of sp³-hybridized carbons (Fsp3) is 0.250. The molecule has 12 heteroatoms. The summed E-state index contributed by atoms with van der Waals surface area (Å²) in [6, 6.07) is 10.8. The van der Waals surface area contributed by atoms with Gasteiger partial charge in [-0.2, -0.15) is 10.1 Å². The van der Waals surface area contributed by atoms with Crippen LogP contribution in [0.3, 0.4) is 0 Å². The number of hydrogen-bond acceptors (Lipinski definition) is 8. The summed E-state index contributed by atoms with van der Waals surface area (Å²) < 4.78 is 20.1. The Morgan fingerprint density at radius 2 is 1.69 bits per heavy atom. The normalized spacial score (nSPS) is 11.3. The lowest BCUT2D eigenvalue weighted by molar-refractivity contribution is 0.324. The number of hydrogen-bond donors (Lipinski definition) is 1. The molecule has 188 valence electrons. The molecule has 0 aliphatic heterocycles. The van der Waals surface area contributed by atoms with Crippen molar-refractivity contribution in [2.45, 2.75) is 6.54 Å². The molecule has 0 spiro atoms. The van der Waals surface area contributed by atoms with Crippen LogP contribution < -0.4 is 30.9 Å². The van der Waals surface area contributed by atoms with Crippen LogP contribution in [-0.2, 0) is 20.6 Å². The highest BCUT2D eigenvalue weighted by atomic mass is 35.5. The summed E-state index contributed by atoms with van der Waals surface area (Å²) in [6.45, 7) is 0.228. The fourth-order valence-corrected chi connectivity index (χ4v) is 4.02. The number of aryl methyl sites for hydroxylation is 1. The number of benzene rings is 2. The Labute approximate surface area is 211 Å². The highest BCUT2D eigenvalue weighted by Crippen LogP contribution is 2.37. The summed E-state index contributed by atoms with van der Waals surface area (Å²) in [4.78, 5) is 30.0. The minimum absolute atomic E-state index is 0.223. The van der Waals surface area contributed by atoms with Crippen LogP contribution in [0.1, 0.15) is 11.1 Å². The summed E-state index contributed by atoms with van der Waals surface area (Å²) in [5.41, 5.74) is 3.82. The molecule has 11 nitrogen and oxygen atoms in total. The molecule has 36 heavy (non-hydrogen) atoms. The molecule has 0 amide bonds. The summed E-state index contributed by atoms with van der Waals surface area (Å²) in [5.74, 6) is 1.67. The van der Waals surface area contributed by atoms with Crippen LogP contribution in [0.2, 0.25) is 5.02 Å². The molecule has 0 bridgehead atoms. The number of rotatable bonds is 8. The molecule has 4 rings (SSSR count). The van der Waals surface area contributed by atoms with E-state index in [4.69, 9.17) is 25.8 Å². The number of nitrogens with one attached hydrogen (secondary N) is 1. The number of imidazole rings is 1. The Morgan fingerprint density at radius 3 is 2.31 bits per heavy atom. The SMILES string of the molecule is COc1cc(/C=N/Nc2nc3c(c(=O)n(C)c(=O)n3C)n2Cc2ccccc2Cl)cc(OC)c1OC. The van der Waals surface area contributed by atoms with E-state index in [1.165, 1.54) is 32.9 Å². The maximum atomic E-state index is 13.1. The monoisotopic (exact) mass is 512 g/mol. The van der Waals surface area contributed by atoms with Crippen LogP contribution in [0, 0.1) is 0 Å². The number of nitrogens with zero attached hydrogens (tertiary/aromatic N) is 5. The van der Waals surface area contributed by atoms with E-state index in [-0.39, 0.29) is 23.7 Å². The minimum Gasteiger partial charge on any atom is -0.493 e. The van der Waals surface area contributed by atoms with E-state index < -0.39 is 11.2 Å². The lowest BCUT2D eigenvalue weighted by Gasteiger charge is -2.12. The topological polar surface area (TPSA) is 114 Å². The Balaban J connectivity index is 1.80. The quantitative estimate of drug-likeness (QED) is 0.285. The van der Waals surface area contributed by atoms with Gasteiger partial charge in [0.25, 0.3) is 5.56 Å². The van der Waals surface area contributed by atoms with E-state index in [2.05, 4.69) is 15.5 Å². The van der Waals surface area contributed by atoms with Gasteiger partial charge in [0, 0.05) is 24.7 Å². The number of hydrazone groups is 1. The van der Waals surface area contributed by atoms with Gasteiger partial charge in [-0.3, -0.25) is 18.5 Å². The fourth-order valence-electron chi connectivity index (χ4n) is 3.82. The highest BCUT2D eigenvalue weighted by molar-refractivity contribution is 6.31.